The second-order valence-corrected chi connectivity index (χ2v) is 6.89. The number of esters is 1. The summed E-state index contributed by atoms with van der Waals surface area (Å²) in [5.41, 5.74) is 5.69. The van der Waals surface area contributed by atoms with E-state index in [0.29, 0.717) is 12.2 Å². The molecule has 0 spiro atoms. The molecule has 0 saturated carbocycles. The number of hydrogen-bond acceptors (Lipinski definition) is 3. The highest BCUT2D eigenvalue weighted by Crippen LogP contribution is 2.30. The summed E-state index contributed by atoms with van der Waals surface area (Å²) in [6, 6.07) is 17.3. The first-order valence-electron chi connectivity index (χ1n) is 8.77. The van der Waals surface area contributed by atoms with Gasteiger partial charge in [-0.05, 0) is 73.1 Å². The zero-order valence-electron chi connectivity index (χ0n) is 15.6. The third-order valence-corrected chi connectivity index (χ3v) is 5.35. The van der Waals surface area contributed by atoms with Gasteiger partial charge < -0.3 is 9.30 Å². The first-order chi connectivity index (χ1) is 13.0. The topological polar surface area (TPSA) is 43.6 Å². The number of ether oxygens (including phenoxy) is 1. The maximum atomic E-state index is 11.7. The van der Waals surface area contributed by atoms with E-state index in [9.17, 15) is 4.79 Å². The number of aliphatic imine (C=N–C) groups is 1. The third kappa shape index (κ3) is 4.03. The van der Waals surface area contributed by atoms with E-state index in [1.165, 1.54) is 0 Å². The van der Waals surface area contributed by atoms with Crippen LogP contribution in [0.2, 0.25) is 0 Å². The Hall–Kier alpha value is -2.66. The van der Waals surface area contributed by atoms with E-state index in [0.717, 1.165) is 32.8 Å². The van der Waals surface area contributed by atoms with Crippen molar-refractivity contribution in [2.45, 2.75) is 20.8 Å². The molecule has 138 valence electrons. The van der Waals surface area contributed by atoms with E-state index >= 15 is 0 Å². The maximum Gasteiger partial charge on any atom is 0.338 e. The minimum Gasteiger partial charge on any atom is -0.462 e. The number of halogens is 1. The summed E-state index contributed by atoms with van der Waals surface area (Å²) >= 11 is 3.70. The molecule has 2 aromatic carbocycles. The highest BCUT2D eigenvalue weighted by atomic mass is 79.9. The summed E-state index contributed by atoms with van der Waals surface area (Å²) in [7, 11) is 0. The molecule has 0 atom stereocenters. The van der Waals surface area contributed by atoms with Gasteiger partial charge >= 0.3 is 5.97 Å². The fourth-order valence-corrected chi connectivity index (χ4v) is 3.54. The van der Waals surface area contributed by atoms with Crippen molar-refractivity contribution in [2.24, 2.45) is 4.99 Å². The van der Waals surface area contributed by atoms with E-state index in [4.69, 9.17) is 4.74 Å². The van der Waals surface area contributed by atoms with Crippen LogP contribution in [0.15, 0.2) is 64.1 Å². The molecule has 5 heteroatoms. The molecule has 0 fully saturated rings. The molecule has 0 aliphatic rings. The summed E-state index contributed by atoms with van der Waals surface area (Å²) < 4.78 is 8.23. The zero-order chi connectivity index (χ0) is 19.4. The van der Waals surface area contributed by atoms with Crippen LogP contribution in [0.1, 0.15) is 34.2 Å². The van der Waals surface area contributed by atoms with Crippen molar-refractivity contribution in [1.82, 2.24) is 4.57 Å². The lowest BCUT2D eigenvalue weighted by Crippen LogP contribution is -2.03. The molecule has 0 saturated heterocycles. The minimum atomic E-state index is -0.317. The Bertz CT molecular complexity index is 974. The molecule has 0 radical (unpaired) electrons. The fourth-order valence-electron chi connectivity index (χ4n) is 2.98. The molecule has 1 aromatic heterocycles. The van der Waals surface area contributed by atoms with Crippen LogP contribution in [0.5, 0.6) is 0 Å². The number of hydrogen-bond donors (Lipinski definition) is 0. The van der Waals surface area contributed by atoms with Crippen LogP contribution in [0.25, 0.3) is 5.69 Å². The van der Waals surface area contributed by atoms with Crippen LogP contribution in [0.3, 0.4) is 0 Å². The standard InChI is InChI=1S/C22H21BrN2O2/c1-4-27-22(26)17-10-12-18(13-11-17)24-14-20-15(2)25(16(3)21(20)23)19-8-6-5-7-9-19/h5-14H,4H2,1-3H3. The summed E-state index contributed by atoms with van der Waals surface area (Å²) in [5, 5.41) is 0. The third-order valence-electron chi connectivity index (χ3n) is 4.35. The molecule has 27 heavy (non-hydrogen) atoms. The Morgan fingerprint density at radius 3 is 2.37 bits per heavy atom. The van der Waals surface area contributed by atoms with Crippen molar-refractivity contribution < 1.29 is 9.53 Å². The normalized spacial score (nSPS) is 11.1. The maximum absolute atomic E-state index is 11.7. The van der Waals surface area contributed by atoms with E-state index in [2.05, 4.69) is 51.5 Å². The second-order valence-electron chi connectivity index (χ2n) is 6.09. The summed E-state index contributed by atoms with van der Waals surface area (Å²) in [5.74, 6) is -0.317. The van der Waals surface area contributed by atoms with Gasteiger partial charge in [0.2, 0.25) is 0 Å². The van der Waals surface area contributed by atoms with Crippen LogP contribution in [-0.4, -0.2) is 23.4 Å². The van der Waals surface area contributed by atoms with Crippen molar-refractivity contribution in [1.29, 1.82) is 0 Å². The highest BCUT2D eigenvalue weighted by molar-refractivity contribution is 9.10. The van der Waals surface area contributed by atoms with Crippen molar-refractivity contribution >= 4 is 33.8 Å². The molecule has 0 aliphatic carbocycles. The van der Waals surface area contributed by atoms with E-state index in [1.807, 2.05) is 36.5 Å². The summed E-state index contributed by atoms with van der Waals surface area (Å²) in [6.45, 7) is 6.32. The molecule has 0 N–H and O–H groups in total. The van der Waals surface area contributed by atoms with Gasteiger partial charge in [-0.15, -0.1) is 0 Å². The number of benzene rings is 2. The van der Waals surface area contributed by atoms with Gasteiger partial charge in [-0.3, -0.25) is 4.99 Å². The van der Waals surface area contributed by atoms with Crippen LogP contribution in [0.4, 0.5) is 5.69 Å². The van der Waals surface area contributed by atoms with Crippen LogP contribution >= 0.6 is 15.9 Å². The summed E-state index contributed by atoms with van der Waals surface area (Å²) in [4.78, 5) is 16.3. The lowest BCUT2D eigenvalue weighted by molar-refractivity contribution is 0.0526. The molecule has 0 amide bonds. The predicted molar refractivity (Wildman–Crippen MR) is 113 cm³/mol. The Labute approximate surface area is 167 Å². The number of rotatable bonds is 5. The molecule has 1 heterocycles. The molecule has 0 unspecified atom stereocenters. The first kappa shape index (κ1) is 19.1. The Balaban J connectivity index is 1.89. The van der Waals surface area contributed by atoms with Crippen molar-refractivity contribution in [3.8, 4) is 5.69 Å². The van der Waals surface area contributed by atoms with Crippen molar-refractivity contribution in [3.63, 3.8) is 0 Å². The molecular formula is C22H21BrN2O2. The van der Waals surface area contributed by atoms with Gasteiger partial charge in [0.05, 0.1) is 17.9 Å². The number of nitrogens with zero attached hydrogens (tertiary/aromatic N) is 2. The SMILES string of the molecule is CCOC(=O)c1ccc(N=Cc2c(Br)c(C)n(-c3ccccc3)c2C)cc1. The highest BCUT2D eigenvalue weighted by Gasteiger charge is 2.15. The lowest BCUT2D eigenvalue weighted by atomic mass is 10.2. The molecule has 3 rings (SSSR count). The average Bonchev–Trinajstić information content (AvgIpc) is 2.90. The quantitative estimate of drug-likeness (QED) is 0.384. The second kappa shape index (κ2) is 8.35. The van der Waals surface area contributed by atoms with Gasteiger partial charge in [-0.25, -0.2) is 4.79 Å². The van der Waals surface area contributed by atoms with Crippen LogP contribution in [-0.2, 0) is 4.74 Å². The monoisotopic (exact) mass is 424 g/mol. The number of para-hydroxylation sites is 1. The molecule has 0 aliphatic heterocycles. The van der Waals surface area contributed by atoms with Crippen molar-refractivity contribution in [2.75, 3.05) is 6.61 Å². The van der Waals surface area contributed by atoms with Crippen LogP contribution < -0.4 is 0 Å². The molecule has 0 bridgehead atoms. The molecule has 3 aromatic rings. The smallest absolute Gasteiger partial charge is 0.338 e. The zero-order valence-corrected chi connectivity index (χ0v) is 17.2. The van der Waals surface area contributed by atoms with E-state index in [1.54, 1.807) is 19.1 Å². The van der Waals surface area contributed by atoms with Gasteiger partial charge in [0.25, 0.3) is 0 Å². The Morgan fingerprint density at radius 2 is 1.74 bits per heavy atom. The van der Waals surface area contributed by atoms with Gasteiger partial charge in [0.1, 0.15) is 0 Å². The number of carbonyl (C=O) groups excluding carboxylic acids is 1. The average molecular weight is 425 g/mol. The lowest BCUT2D eigenvalue weighted by Gasteiger charge is -2.08. The minimum absolute atomic E-state index is 0.317. The fraction of sp³-hybridized carbons (Fsp3) is 0.182. The Kier molecular flexibility index (Phi) is 5.91. The largest absolute Gasteiger partial charge is 0.462 e. The van der Waals surface area contributed by atoms with Gasteiger partial charge in [0.15, 0.2) is 0 Å². The van der Waals surface area contributed by atoms with Gasteiger partial charge in [-0.1, -0.05) is 18.2 Å². The Morgan fingerprint density at radius 1 is 1.07 bits per heavy atom. The van der Waals surface area contributed by atoms with E-state index in [-0.39, 0.29) is 5.97 Å². The molecule has 4 nitrogen and oxygen atoms in total. The van der Waals surface area contributed by atoms with E-state index < -0.39 is 0 Å². The van der Waals surface area contributed by atoms with Gasteiger partial charge in [0, 0.05) is 33.3 Å². The van der Waals surface area contributed by atoms with Crippen molar-refractivity contribution in [3.05, 3.63) is 81.6 Å². The van der Waals surface area contributed by atoms with Crippen LogP contribution in [0, 0.1) is 13.8 Å². The molecular weight excluding hydrogens is 404 g/mol. The summed E-state index contributed by atoms with van der Waals surface area (Å²) in [6.07, 6.45) is 1.85. The predicted octanol–water partition coefficient (Wildman–Crippen LogP) is 5.78. The number of carbonyl (C=O) groups is 1. The van der Waals surface area contributed by atoms with Gasteiger partial charge in [-0.2, -0.15) is 0 Å². The first-order valence-corrected chi connectivity index (χ1v) is 9.56. The number of aromatic nitrogens is 1.